The van der Waals surface area contributed by atoms with Crippen LogP contribution in [0.5, 0.6) is 5.88 Å². The number of anilines is 2. The lowest BCUT2D eigenvalue weighted by atomic mass is 9.98. The summed E-state index contributed by atoms with van der Waals surface area (Å²) in [7, 11) is 1.59. The lowest BCUT2D eigenvalue weighted by Crippen LogP contribution is -2.24. The first-order chi connectivity index (χ1) is 8.11. The second-order valence-corrected chi connectivity index (χ2v) is 4.96. The van der Waals surface area contributed by atoms with Crippen LogP contribution >= 0.6 is 0 Å². The van der Waals surface area contributed by atoms with E-state index in [0.717, 1.165) is 11.7 Å². The van der Waals surface area contributed by atoms with Crippen molar-refractivity contribution in [3.63, 3.8) is 0 Å². The first-order valence-corrected chi connectivity index (χ1v) is 6.19. The predicted molar refractivity (Wildman–Crippen MR) is 70.2 cm³/mol. The average Bonchev–Trinajstić information content (AvgIpc) is 2.63. The largest absolute Gasteiger partial charge is 0.479 e. The van der Waals surface area contributed by atoms with E-state index < -0.39 is 0 Å². The van der Waals surface area contributed by atoms with E-state index >= 15 is 0 Å². The van der Waals surface area contributed by atoms with Gasteiger partial charge in [-0.1, -0.05) is 13.8 Å². The van der Waals surface area contributed by atoms with E-state index in [-0.39, 0.29) is 0 Å². The maximum atomic E-state index is 5.74. The number of nitrogens with two attached hydrogens (primary N) is 1. The summed E-state index contributed by atoms with van der Waals surface area (Å²) < 4.78 is 5.12. The van der Waals surface area contributed by atoms with Crippen molar-refractivity contribution >= 4 is 11.5 Å². The smallest absolute Gasteiger partial charge is 0.238 e. The zero-order valence-corrected chi connectivity index (χ0v) is 10.7. The summed E-state index contributed by atoms with van der Waals surface area (Å²) in [6.45, 7) is 4.60. The summed E-state index contributed by atoms with van der Waals surface area (Å²) in [5, 5.41) is 3.48. The van der Waals surface area contributed by atoms with E-state index in [1.165, 1.54) is 12.8 Å². The lowest BCUT2D eigenvalue weighted by molar-refractivity contribution is 0.400. The molecule has 0 bridgehead atoms. The molecule has 0 radical (unpaired) electrons. The zero-order chi connectivity index (χ0) is 12.4. The highest BCUT2D eigenvalue weighted by atomic mass is 16.5. The number of hydrogen-bond acceptors (Lipinski definition) is 4. The molecular formula is C13H21N3O. The monoisotopic (exact) mass is 235 g/mol. The number of aromatic nitrogens is 1. The Bertz CT molecular complexity index is 394. The SMILES string of the molecule is COc1nc(NC2CCC(C)C2C)ccc1N. The Morgan fingerprint density at radius 3 is 2.71 bits per heavy atom. The van der Waals surface area contributed by atoms with E-state index in [1.54, 1.807) is 7.11 Å². The van der Waals surface area contributed by atoms with Crippen molar-refractivity contribution in [3.05, 3.63) is 12.1 Å². The minimum absolute atomic E-state index is 0.494. The van der Waals surface area contributed by atoms with Crippen molar-refractivity contribution in [2.45, 2.75) is 32.7 Å². The highest BCUT2D eigenvalue weighted by Gasteiger charge is 2.29. The molecule has 1 aromatic heterocycles. The van der Waals surface area contributed by atoms with Gasteiger partial charge in [-0.2, -0.15) is 4.98 Å². The Balaban J connectivity index is 2.09. The molecule has 1 aliphatic rings. The summed E-state index contributed by atoms with van der Waals surface area (Å²) >= 11 is 0. The first kappa shape index (κ1) is 12.0. The van der Waals surface area contributed by atoms with Crippen molar-refractivity contribution in [3.8, 4) is 5.88 Å². The van der Waals surface area contributed by atoms with Gasteiger partial charge in [0.25, 0.3) is 0 Å². The number of hydrogen-bond donors (Lipinski definition) is 2. The topological polar surface area (TPSA) is 60.2 Å². The molecular weight excluding hydrogens is 214 g/mol. The fourth-order valence-corrected chi connectivity index (χ4v) is 2.45. The molecule has 94 valence electrons. The number of nitrogen functional groups attached to an aromatic ring is 1. The van der Waals surface area contributed by atoms with Crippen LogP contribution in [0.4, 0.5) is 11.5 Å². The average molecular weight is 235 g/mol. The second-order valence-electron chi connectivity index (χ2n) is 4.96. The molecule has 0 spiro atoms. The molecule has 4 nitrogen and oxygen atoms in total. The maximum absolute atomic E-state index is 5.74. The minimum atomic E-state index is 0.494. The van der Waals surface area contributed by atoms with Gasteiger partial charge in [0.15, 0.2) is 0 Å². The fourth-order valence-electron chi connectivity index (χ4n) is 2.45. The number of pyridine rings is 1. The molecule has 4 heteroatoms. The van der Waals surface area contributed by atoms with E-state index in [4.69, 9.17) is 10.5 Å². The molecule has 1 fully saturated rings. The third-order valence-corrected chi connectivity index (χ3v) is 3.88. The standard InChI is InChI=1S/C13H21N3O/c1-8-4-6-11(9(8)2)15-12-7-5-10(14)13(16-12)17-3/h5,7-9,11H,4,6,14H2,1-3H3,(H,15,16). The summed E-state index contributed by atoms with van der Waals surface area (Å²) in [6.07, 6.45) is 2.49. The molecule has 0 aromatic carbocycles. The molecule has 17 heavy (non-hydrogen) atoms. The van der Waals surface area contributed by atoms with Crippen LogP contribution in [-0.2, 0) is 0 Å². The highest BCUT2D eigenvalue weighted by Crippen LogP contribution is 2.33. The molecule has 0 aliphatic heterocycles. The van der Waals surface area contributed by atoms with Crippen LogP contribution in [0.25, 0.3) is 0 Å². The lowest BCUT2D eigenvalue weighted by Gasteiger charge is -2.20. The number of rotatable bonds is 3. The molecule has 0 amide bonds. The summed E-state index contributed by atoms with van der Waals surface area (Å²) in [4.78, 5) is 4.36. The van der Waals surface area contributed by atoms with Crippen molar-refractivity contribution < 1.29 is 4.74 Å². The van der Waals surface area contributed by atoms with E-state index in [9.17, 15) is 0 Å². The third-order valence-electron chi connectivity index (χ3n) is 3.88. The van der Waals surface area contributed by atoms with Gasteiger partial charge in [-0.3, -0.25) is 0 Å². The van der Waals surface area contributed by atoms with Gasteiger partial charge in [-0.25, -0.2) is 0 Å². The van der Waals surface area contributed by atoms with Crippen molar-refractivity contribution in [2.75, 3.05) is 18.2 Å². The van der Waals surface area contributed by atoms with Gasteiger partial charge in [0.05, 0.1) is 12.8 Å². The quantitative estimate of drug-likeness (QED) is 0.845. The van der Waals surface area contributed by atoms with Crippen LogP contribution < -0.4 is 15.8 Å². The van der Waals surface area contributed by atoms with Gasteiger partial charge in [0.2, 0.25) is 5.88 Å². The Kier molecular flexibility index (Phi) is 3.41. The second kappa shape index (κ2) is 4.82. The molecule has 1 saturated carbocycles. The molecule has 3 N–H and O–H groups in total. The Labute approximate surface area is 103 Å². The van der Waals surface area contributed by atoms with Crippen LogP contribution in [-0.4, -0.2) is 18.1 Å². The van der Waals surface area contributed by atoms with Gasteiger partial charge in [0.1, 0.15) is 5.82 Å². The van der Waals surface area contributed by atoms with Crippen LogP contribution in [0.1, 0.15) is 26.7 Å². The normalized spacial score (nSPS) is 28.1. The van der Waals surface area contributed by atoms with E-state index in [1.807, 2.05) is 12.1 Å². The molecule has 3 atom stereocenters. The molecule has 0 saturated heterocycles. The van der Waals surface area contributed by atoms with Crippen molar-refractivity contribution in [1.29, 1.82) is 0 Å². The molecule has 3 unspecified atom stereocenters. The first-order valence-electron chi connectivity index (χ1n) is 6.19. The summed E-state index contributed by atoms with van der Waals surface area (Å²) in [5.74, 6) is 2.80. The third kappa shape index (κ3) is 2.46. The Morgan fingerprint density at radius 1 is 1.35 bits per heavy atom. The molecule has 2 rings (SSSR count). The number of nitrogens with one attached hydrogen (secondary N) is 1. The van der Waals surface area contributed by atoms with Gasteiger partial charge < -0.3 is 15.8 Å². The van der Waals surface area contributed by atoms with Gasteiger partial charge in [0, 0.05) is 6.04 Å². The minimum Gasteiger partial charge on any atom is -0.479 e. The number of methoxy groups -OCH3 is 1. The van der Waals surface area contributed by atoms with Crippen LogP contribution in [0.3, 0.4) is 0 Å². The Morgan fingerprint density at radius 2 is 2.12 bits per heavy atom. The van der Waals surface area contributed by atoms with Crippen molar-refractivity contribution in [1.82, 2.24) is 4.98 Å². The number of nitrogens with zero attached hydrogens (tertiary/aromatic N) is 1. The van der Waals surface area contributed by atoms with Gasteiger partial charge in [-0.05, 0) is 36.8 Å². The van der Waals surface area contributed by atoms with Crippen LogP contribution in [0.15, 0.2) is 12.1 Å². The molecule has 1 aliphatic carbocycles. The van der Waals surface area contributed by atoms with Crippen LogP contribution in [0, 0.1) is 11.8 Å². The van der Waals surface area contributed by atoms with E-state index in [0.29, 0.717) is 23.5 Å². The van der Waals surface area contributed by atoms with E-state index in [2.05, 4.69) is 24.1 Å². The molecule has 1 aromatic rings. The predicted octanol–water partition coefficient (Wildman–Crippen LogP) is 2.52. The number of ether oxygens (including phenoxy) is 1. The summed E-state index contributed by atoms with van der Waals surface area (Å²) in [5.41, 5.74) is 6.32. The van der Waals surface area contributed by atoms with Gasteiger partial charge in [-0.15, -0.1) is 0 Å². The fraction of sp³-hybridized carbons (Fsp3) is 0.615. The van der Waals surface area contributed by atoms with Crippen molar-refractivity contribution in [2.24, 2.45) is 11.8 Å². The summed E-state index contributed by atoms with van der Waals surface area (Å²) in [6, 6.07) is 4.25. The maximum Gasteiger partial charge on any atom is 0.238 e. The van der Waals surface area contributed by atoms with Crippen LogP contribution in [0.2, 0.25) is 0 Å². The molecule has 1 heterocycles. The van der Waals surface area contributed by atoms with Gasteiger partial charge >= 0.3 is 0 Å². The Hall–Kier alpha value is -1.45. The zero-order valence-electron chi connectivity index (χ0n) is 10.7. The highest BCUT2D eigenvalue weighted by molar-refractivity contribution is 5.53.